The molecule has 1 atom stereocenters. The van der Waals surface area contributed by atoms with E-state index < -0.39 is 24.2 Å². The highest BCUT2D eigenvalue weighted by Crippen LogP contribution is 2.22. The van der Waals surface area contributed by atoms with Crippen LogP contribution in [-0.4, -0.2) is 54.4 Å². The highest BCUT2D eigenvalue weighted by Gasteiger charge is 2.34. The number of methoxy groups -OCH3 is 1. The second kappa shape index (κ2) is 8.91. The molecule has 0 spiro atoms. The van der Waals surface area contributed by atoms with Gasteiger partial charge in [-0.2, -0.15) is 0 Å². The third-order valence-corrected chi connectivity index (χ3v) is 4.22. The van der Waals surface area contributed by atoms with E-state index in [9.17, 15) is 14.4 Å². The van der Waals surface area contributed by atoms with Crippen LogP contribution >= 0.6 is 0 Å². The zero-order valence-electron chi connectivity index (χ0n) is 14.0. The molecule has 1 saturated heterocycles. The van der Waals surface area contributed by atoms with E-state index in [-0.39, 0.29) is 12.5 Å². The molecule has 2 N–H and O–H groups in total. The van der Waals surface area contributed by atoms with Crippen molar-refractivity contribution in [3.8, 4) is 0 Å². The van der Waals surface area contributed by atoms with Crippen molar-refractivity contribution in [3.63, 3.8) is 0 Å². The normalized spacial score (nSPS) is 16.0. The summed E-state index contributed by atoms with van der Waals surface area (Å²) in [5, 5.41) is 11.5. The number of ether oxygens (including phenoxy) is 2. The van der Waals surface area contributed by atoms with Crippen molar-refractivity contribution in [2.24, 2.45) is 5.92 Å². The van der Waals surface area contributed by atoms with Crippen molar-refractivity contribution in [2.75, 3.05) is 20.2 Å². The molecular formula is C17H22N2O6. The Morgan fingerprint density at radius 2 is 1.88 bits per heavy atom. The summed E-state index contributed by atoms with van der Waals surface area (Å²) in [5.74, 6) is -0.766. The van der Waals surface area contributed by atoms with E-state index in [4.69, 9.17) is 14.6 Å². The summed E-state index contributed by atoms with van der Waals surface area (Å²) in [6.07, 6.45) is -0.765. The number of piperidine rings is 1. The molecule has 1 aliphatic rings. The number of nitrogens with one attached hydrogen (secondary N) is 1. The molecule has 0 aromatic heterocycles. The maximum Gasteiger partial charge on any atom is 0.408 e. The minimum absolute atomic E-state index is 0.0953. The molecule has 1 aromatic rings. The third kappa shape index (κ3) is 5.37. The molecule has 0 saturated carbocycles. The number of carboxylic acid groups (broad SMARTS) is 1. The number of hydrogen-bond donors (Lipinski definition) is 2. The smallest absolute Gasteiger partial charge is 0.408 e. The van der Waals surface area contributed by atoms with Crippen LogP contribution < -0.4 is 5.32 Å². The first-order valence-corrected chi connectivity index (χ1v) is 8.04. The summed E-state index contributed by atoms with van der Waals surface area (Å²) in [6.45, 7) is 0.723. The van der Waals surface area contributed by atoms with Gasteiger partial charge in [0.1, 0.15) is 12.6 Å². The van der Waals surface area contributed by atoms with E-state index in [1.165, 1.54) is 12.0 Å². The SMILES string of the molecule is COC(=O)[C@@H](NC(=O)OCc1ccccc1)C1CCN(C(=O)O)CC1. The Kier molecular flexibility index (Phi) is 6.62. The van der Waals surface area contributed by atoms with Crippen molar-refractivity contribution >= 4 is 18.2 Å². The van der Waals surface area contributed by atoms with E-state index in [1.807, 2.05) is 30.3 Å². The van der Waals surface area contributed by atoms with Crippen LogP contribution in [0.3, 0.4) is 0 Å². The lowest BCUT2D eigenvalue weighted by Gasteiger charge is -2.33. The molecule has 0 radical (unpaired) electrons. The summed E-state index contributed by atoms with van der Waals surface area (Å²) in [5.41, 5.74) is 0.835. The fourth-order valence-electron chi connectivity index (χ4n) is 2.81. The molecule has 0 unspecified atom stereocenters. The van der Waals surface area contributed by atoms with Gasteiger partial charge in [-0.3, -0.25) is 0 Å². The molecule has 136 valence electrons. The zero-order chi connectivity index (χ0) is 18.2. The predicted octanol–water partition coefficient (Wildman–Crippen LogP) is 1.84. The average molecular weight is 350 g/mol. The van der Waals surface area contributed by atoms with Gasteiger partial charge in [0.05, 0.1) is 7.11 Å². The monoisotopic (exact) mass is 350 g/mol. The Hall–Kier alpha value is -2.77. The van der Waals surface area contributed by atoms with E-state index in [0.29, 0.717) is 25.9 Å². The predicted molar refractivity (Wildman–Crippen MR) is 87.9 cm³/mol. The van der Waals surface area contributed by atoms with Gasteiger partial charge < -0.3 is 24.8 Å². The fourth-order valence-corrected chi connectivity index (χ4v) is 2.81. The number of hydrogen-bond acceptors (Lipinski definition) is 5. The van der Waals surface area contributed by atoms with Gasteiger partial charge >= 0.3 is 18.2 Å². The van der Waals surface area contributed by atoms with E-state index >= 15 is 0 Å². The fraction of sp³-hybridized carbons (Fsp3) is 0.471. The highest BCUT2D eigenvalue weighted by atomic mass is 16.6. The number of carbonyl (C=O) groups is 3. The number of amides is 2. The Morgan fingerprint density at radius 3 is 2.44 bits per heavy atom. The van der Waals surface area contributed by atoms with Gasteiger partial charge in [-0.05, 0) is 24.3 Å². The van der Waals surface area contributed by atoms with Crippen molar-refractivity contribution < 1.29 is 29.0 Å². The Labute approximate surface area is 145 Å². The maximum atomic E-state index is 12.0. The van der Waals surface area contributed by atoms with Gasteiger partial charge in [-0.25, -0.2) is 14.4 Å². The second-order valence-corrected chi connectivity index (χ2v) is 5.81. The van der Waals surface area contributed by atoms with Crippen LogP contribution in [0.2, 0.25) is 0 Å². The summed E-state index contributed by atoms with van der Waals surface area (Å²) in [4.78, 5) is 36.3. The van der Waals surface area contributed by atoms with Crippen molar-refractivity contribution in [2.45, 2.75) is 25.5 Å². The van der Waals surface area contributed by atoms with Crippen molar-refractivity contribution in [1.29, 1.82) is 0 Å². The number of nitrogens with zero attached hydrogens (tertiary/aromatic N) is 1. The highest BCUT2D eigenvalue weighted by molar-refractivity contribution is 5.81. The van der Waals surface area contributed by atoms with Crippen LogP contribution in [0, 0.1) is 5.92 Å². The minimum Gasteiger partial charge on any atom is -0.467 e. The number of benzene rings is 1. The second-order valence-electron chi connectivity index (χ2n) is 5.81. The first kappa shape index (κ1) is 18.6. The molecule has 2 rings (SSSR count). The third-order valence-electron chi connectivity index (χ3n) is 4.22. The molecular weight excluding hydrogens is 328 g/mol. The molecule has 1 aromatic carbocycles. The first-order valence-electron chi connectivity index (χ1n) is 8.04. The van der Waals surface area contributed by atoms with Crippen LogP contribution in [0.5, 0.6) is 0 Å². The quantitative estimate of drug-likeness (QED) is 0.785. The number of carbonyl (C=O) groups excluding carboxylic acids is 2. The average Bonchev–Trinajstić information content (AvgIpc) is 2.64. The summed E-state index contributed by atoms with van der Waals surface area (Å²) >= 11 is 0. The molecule has 0 aliphatic carbocycles. The maximum absolute atomic E-state index is 12.0. The Balaban J connectivity index is 1.90. The summed E-state index contributed by atoms with van der Waals surface area (Å²) in [6, 6.07) is 8.33. The van der Waals surface area contributed by atoms with E-state index in [2.05, 4.69) is 5.32 Å². The molecule has 1 heterocycles. The summed E-state index contributed by atoms with van der Waals surface area (Å²) in [7, 11) is 1.25. The van der Waals surface area contributed by atoms with Crippen LogP contribution in [0.1, 0.15) is 18.4 Å². The van der Waals surface area contributed by atoms with Gasteiger partial charge in [-0.15, -0.1) is 0 Å². The van der Waals surface area contributed by atoms with Gasteiger partial charge in [0.2, 0.25) is 0 Å². The molecule has 1 aliphatic heterocycles. The van der Waals surface area contributed by atoms with Crippen LogP contribution in [-0.2, 0) is 20.9 Å². The molecule has 0 bridgehead atoms. The summed E-state index contributed by atoms with van der Waals surface area (Å²) < 4.78 is 9.91. The van der Waals surface area contributed by atoms with Crippen molar-refractivity contribution in [1.82, 2.24) is 10.2 Å². The number of rotatable bonds is 5. The molecule has 8 nitrogen and oxygen atoms in total. The van der Waals surface area contributed by atoms with Gasteiger partial charge in [0.15, 0.2) is 0 Å². The first-order chi connectivity index (χ1) is 12.0. The minimum atomic E-state index is -0.983. The van der Waals surface area contributed by atoms with Gasteiger partial charge in [-0.1, -0.05) is 30.3 Å². The van der Waals surface area contributed by atoms with Crippen LogP contribution in [0.25, 0.3) is 0 Å². The van der Waals surface area contributed by atoms with E-state index in [1.54, 1.807) is 0 Å². The van der Waals surface area contributed by atoms with Crippen LogP contribution in [0.4, 0.5) is 9.59 Å². The van der Waals surface area contributed by atoms with E-state index in [0.717, 1.165) is 5.56 Å². The topological polar surface area (TPSA) is 105 Å². The standard InChI is InChI=1S/C17H22N2O6/c1-24-15(20)14(13-7-9-19(10-8-13)17(22)23)18-16(21)25-11-12-5-3-2-4-6-12/h2-6,13-14H,7-11H2,1H3,(H,18,21)(H,22,23)/t14-/m0/s1. The Morgan fingerprint density at radius 1 is 1.24 bits per heavy atom. The zero-order valence-corrected chi connectivity index (χ0v) is 14.0. The van der Waals surface area contributed by atoms with Gasteiger partial charge in [0.25, 0.3) is 0 Å². The lowest BCUT2D eigenvalue weighted by Crippen LogP contribution is -2.50. The lowest BCUT2D eigenvalue weighted by atomic mass is 9.89. The molecule has 2 amide bonds. The largest absolute Gasteiger partial charge is 0.467 e. The molecule has 8 heteroatoms. The molecule has 1 fully saturated rings. The number of likely N-dealkylation sites (tertiary alicyclic amines) is 1. The number of esters is 1. The van der Waals surface area contributed by atoms with Gasteiger partial charge in [0, 0.05) is 13.1 Å². The van der Waals surface area contributed by atoms with Crippen LogP contribution in [0.15, 0.2) is 30.3 Å². The van der Waals surface area contributed by atoms with Crippen molar-refractivity contribution in [3.05, 3.63) is 35.9 Å². The molecule has 25 heavy (non-hydrogen) atoms. The number of alkyl carbamates (subject to hydrolysis) is 1. The Bertz CT molecular complexity index is 598. The lowest BCUT2D eigenvalue weighted by molar-refractivity contribution is -0.145.